The summed E-state index contributed by atoms with van der Waals surface area (Å²) in [6, 6.07) is 12.9. The first kappa shape index (κ1) is 23.6. The van der Waals surface area contributed by atoms with Crippen LogP contribution in [0.3, 0.4) is 0 Å². The summed E-state index contributed by atoms with van der Waals surface area (Å²) in [5, 5.41) is 6.90. The maximum Gasteiger partial charge on any atom is 0.310 e. The highest BCUT2D eigenvalue weighted by Gasteiger charge is 2.36. The number of nitrogens with zero attached hydrogens (tertiary/aromatic N) is 3. The van der Waals surface area contributed by atoms with Crippen molar-refractivity contribution in [3.05, 3.63) is 58.6 Å². The van der Waals surface area contributed by atoms with Crippen LogP contribution in [0, 0.1) is 5.92 Å². The first-order chi connectivity index (χ1) is 17.0. The Labute approximate surface area is 209 Å². The molecule has 2 aromatic rings. The summed E-state index contributed by atoms with van der Waals surface area (Å²) in [4.78, 5) is 27.8. The molecule has 0 aliphatic carbocycles. The molecule has 0 spiro atoms. The van der Waals surface area contributed by atoms with Crippen LogP contribution in [0.2, 0.25) is 5.02 Å². The number of rotatable bonds is 6. The van der Waals surface area contributed by atoms with E-state index in [2.05, 4.69) is 0 Å². The van der Waals surface area contributed by atoms with Crippen molar-refractivity contribution < 1.29 is 23.8 Å². The van der Waals surface area contributed by atoms with Gasteiger partial charge in [-0.25, -0.2) is 5.01 Å². The lowest BCUT2D eigenvalue weighted by Crippen LogP contribution is -2.44. The lowest BCUT2D eigenvalue weighted by Gasteiger charge is -2.32. The van der Waals surface area contributed by atoms with Crippen molar-refractivity contribution >= 4 is 29.2 Å². The van der Waals surface area contributed by atoms with E-state index < -0.39 is 0 Å². The molecule has 35 heavy (non-hydrogen) atoms. The number of ether oxygens (including phenoxy) is 3. The Morgan fingerprint density at radius 3 is 2.83 bits per heavy atom. The molecule has 0 bridgehead atoms. The number of carbonyl (C=O) groups is 2. The zero-order valence-corrected chi connectivity index (χ0v) is 20.4. The molecule has 5 rings (SSSR count). The van der Waals surface area contributed by atoms with Gasteiger partial charge >= 0.3 is 5.97 Å². The Kier molecular flexibility index (Phi) is 6.92. The minimum atomic E-state index is -0.297. The minimum absolute atomic E-state index is 0.126. The van der Waals surface area contributed by atoms with E-state index in [0.29, 0.717) is 36.1 Å². The van der Waals surface area contributed by atoms with Crippen LogP contribution in [-0.4, -0.2) is 60.5 Å². The minimum Gasteiger partial charge on any atom is -0.466 e. The molecule has 2 aromatic carbocycles. The van der Waals surface area contributed by atoms with Gasteiger partial charge in [-0.2, -0.15) is 5.10 Å². The van der Waals surface area contributed by atoms with Crippen LogP contribution in [0.5, 0.6) is 11.5 Å². The van der Waals surface area contributed by atoms with Crippen molar-refractivity contribution in [3.63, 3.8) is 0 Å². The highest BCUT2D eigenvalue weighted by molar-refractivity contribution is 6.34. The molecule has 9 heteroatoms. The molecule has 0 radical (unpaired) electrons. The summed E-state index contributed by atoms with van der Waals surface area (Å²) in [5.41, 5.74) is 2.49. The Morgan fingerprint density at radius 2 is 2.00 bits per heavy atom. The second-order valence-corrected chi connectivity index (χ2v) is 9.33. The summed E-state index contributed by atoms with van der Waals surface area (Å²) >= 11 is 6.46. The Morgan fingerprint density at radius 1 is 1.17 bits per heavy atom. The van der Waals surface area contributed by atoms with Gasteiger partial charge in [-0.15, -0.1) is 0 Å². The van der Waals surface area contributed by atoms with Crippen LogP contribution in [0.1, 0.15) is 43.4 Å². The van der Waals surface area contributed by atoms with Crippen molar-refractivity contribution in [2.24, 2.45) is 11.0 Å². The van der Waals surface area contributed by atoms with Crippen molar-refractivity contribution in [2.75, 3.05) is 33.0 Å². The fourth-order valence-electron chi connectivity index (χ4n) is 4.89. The molecule has 3 aliphatic rings. The van der Waals surface area contributed by atoms with Crippen LogP contribution in [0.4, 0.5) is 0 Å². The predicted octanol–water partition coefficient (Wildman–Crippen LogP) is 4.02. The van der Waals surface area contributed by atoms with Gasteiger partial charge in [-0.05, 0) is 50.1 Å². The molecule has 0 aromatic heterocycles. The summed E-state index contributed by atoms with van der Waals surface area (Å²) in [5.74, 6) is 0.828. The fourth-order valence-corrected chi connectivity index (χ4v) is 5.14. The molecular weight excluding hydrogens is 470 g/mol. The van der Waals surface area contributed by atoms with E-state index in [9.17, 15) is 9.59 Å². The number of hydrogen-bond acceptors (Lipinski definition) is 7. The first-order valence-corrected chi connectivity index (χ1v) is 12.3. The molecule has 0 N–H and O–H groups in total. The second kappa shape index (κ2) is 10.3. The number of fused-ring (bicyclic) bond motifs is 1. The van der Waals surface area contributed by atoms with Gasteiger partial charge in [0.15, 0.2) is 11.5 Å². The number of amides is 1. The van der Waals surface area contributed by atoms with Gasteiger partial charge in [0, 0.05) is 23.6 Å². The summed E-state index contributed by atoms with van der Waals surface area (Å²) in [7, 11) is 0. The number of hydrogen-bond donors (Lipinski definition) is 0. The molecular formula is C26H28ClN3O5. The molecule has 0 unspecified atom stereocenters. The number of esters is 1. The number of halogens is 1. The molecule has 0 saturated carbocycles. The Bertz CT molecular complexity index is 1150. The van der Waals surface area contributed by atoms with Gasteiger partial charge in [0.05, 0.1) is 30.8 Å². The number of likely N-dealkylation sites (tertiary alicyclic amines) is 1. The number of carbonyl (C=O) groups excluding carboxylic acids is 2. The standard InChI is InChI=1S/C26H28ClN3O5/c1-2-33-26(32)18-6-5-11-29(14-18)15-25(31)30-22(17-9-10-23-24(12-17)35-16-34-23)13-21(28-30)19-7-3-4-8-20(19)27/h3-4,7-10,12,18,22H,2,5-6,11,13-16H2,1H3/t18-,22-/m0/s1. The van der Waals surface area contributed by atoms with Crippen molar-refractivity contribution in [3.8, 4) is 11.5 Å². The van der Waals surface area contributed by atoms with Crippen LogP contribution in [-0.2, 0) is 14.3 Å². The lowest BCUT2D eigenvalue weighted by molar-refractivity contribution is -0.150. The summed E-state index contributed by atoms with van der Waals surface area (Å²) in [6.45, 7) is 3.79. The largest absolute Gasteiger partial charge is 0.466 e. The van der Waals surface area contributed by atoms with Crippen LogP contribution >= 0.6 is 11.6 Å². The number of benzene rings is 2. The SMILES string of the molecule is CCOC(=O)[C@H]1CCCN(CC(=O)N2N=C(c3ccccc3Cl)C[C@H]2c2ccc3c(c2)OCO3)C1. The van der Waals surface area contributed by atoms with Gasteiger partial charge < -0.3 is 14.2 Å². The maximum absolute atomic E-state index is 13.6. The molecule has 184 valence electrons. The predicted molar refractivity (Wildman–Crippen MR) is 131 cm³/mol. The van der Waals surface area contributed by atoms with E-state index in [1.54, 1.807) is 11.9 Å². The smallest absolute Gasteiger partial charge is 0.310 e. The fraction of sp³-hybridized carbons (Fsp3) is 0.423. The molecule has 3 aliphatic heterocycles. The molecule has 3 heterocycles. The van der Waals surface area contributed by atoms with E-state index in [4.69, 9.17) is 30.9 Å². The highest BCUT2D eigenvalue weighted by atomic mass is 35.5. The molecule has 2 atom stereocenters. The third kappa shape index (κ3) is 4.99. The molecule has 1 fully saturated rings. The van der Waals surface area contributed by atoms with E-state index in [-0.39, 0.29) is 37.2 Å². The van der Waals surface area contributed by atoms with Crippen molar-refractivity contribution in [2.45, 2.75) is 32.2 Å². The van der Waals surface area contributed by atoms with E-state index in [0.717, 1.165) is 36.2 Å². The zero-order valence-electron chi connectivity index (χ0n) is 19.6. The number of hydrazone groups is 1. The summed E-state index contributed by atoms with van der Waals surface area (Å²) < 4.78 is 16.2. The normalized spacial score (nSPS) is 21.7. The second-order valence-electron chi connectivity index (χ2n) is 8.92. The van der Waals surface area contributed by atoms with E-state index in [1.165, 1.54) is 0 Å². The van der Waals surface area contributed by atoms with E-state index in [1.807, 2.05) is 47.4 Å². The molecule has 8 nitrogen and oxygen atoms in total. The quantitative estimate of drug-likeness (QED) is 0.561. The zero-order chi connectivity index (χ0) is 24.4. The maximum atomic E-state index is 13.6. The Hall–Kier alpha value is -3.10. The average Bonchev–Trinajstić information content (AvgIpc) is 3.51. The molecule has 1 saturated heterocycles. The summed E-state index contributed by atoms with van der Waals surface area (Å²) in [6.07, 6.45) is 2.15. The third-order valence-electron chi connectivity index (χ3n) is 6.62. The first-order valence-electron chi connectivity index (χ1n) is 12.0. The topological polar surface area (TPSA) is 80.7 Å². The van der Waals surface area contributed by atoms with Gasteiger partial charge in [0.25, 0.3) is 5.91 Å². The van der Waals surface area contributed by atoms with Gasteiger partial charge in [0.2, 0.25) is 6.79 Å². The van der Waals surface area contributed by atoms with Crippen LogP contribution in [0.15, 0.2) is 47.6 Å². The van der Waals surface area contributed by atoms with Crippen molar-refractivity contribution in [1.29, 1.82) is 0 Å². The Balaban J connectivity index is 1.38. The van der Waals surface area contributed by atoms with Gasteiger partial charge in [-0.3, -0.25) is 14.5 Å². The third-order valence-corrected chi connectivity index (χ3v) is 6.95. The number of piperidine rings is 1. The van der Waals surface area contributed by atoms with Crippen LogP contribution < -0.4 is 9.47 Å². The molecule has 1 amide bonds. The highest BCUT2D eigenvalue weighted by Crippen LogP contribution is 2.40. The van der Waals surface area contributed by atoms with Gasteiger partial charge in [0.1, 0.15) is 0 Å². The average molecular weight is 498 g/mol. The van der Waals surface area contributed by atoms with Crippen molar-refractivity contribution in [1.82, 2.24) is 9.91 Å². The lowest BCUT2D eigenvalue weighted by atomic mass is 9.97. The monoisotopic (exact) mass is 497 g/mol. The van der Waals surface area contributed by atoms with E-state index >= 15 is 0 Å². The van der Waals surface area contributed by atoms with Crippen LogP contribution in [0.25, 0.3) is 0 Å². The van der Waals surface area contributed by atoms with Gasteiger partial charge in [-0.1, -0.05) is 35.9 Å².